The molecule has 1 atom stereocenters. The zero-order valence-electron chi connectivity index (χ0n) is 9.90. The van der Waals surface area contributed by atoms with E-state index in [0.717, 1.165) is 32.4 Å². The fraction of sp³-hybridized carbons (Fsp3) is 0.917. The van der Waals surface area contributed by atoms with Gasteiger partial charge in [0.05, 0.1) is 6.61 Å². The molecule has 0 bridgehead atoms. The van der Waals surface area contributed by atoms with Crippen molar-refractivity contribution in [3.8, 4) is 0 Å². The lowest BCUT2D eigenvalue weighted by Crippen LogP contribution is -2.38. The van der Waals surface area contributed by atoms with Crippen molar-refractivity contribution in [3.63, 3.8) is 0 Å². The van der Waals surface area contributed by atoms with Crippen LogP contribution in [0, 0.1) is 0 Å². The van der Waals surface area contributed by atoms with Crippen LogP contribution < -0.4 is 0 Å². The van der Waals surface area contributed by atoms with E-state index in [1.54, 1.807) is 0 Å². The zero-order chi connectivity index (χ0) is 11.8. The van der Waals surface area contributed by atoms with Crippen LogP contribution in [-0.2, 0) is 4.79 Å². The summed E-state index contributed by atoms with van der Waals surface area (Å²) in [5.41, 5.74) is 0. The highest BCUT2D eigenvalue weighted by Crippen LogP contribution is 2.17. The second kappa shape index (κ2) is 7.63. The van der Waals surface area contributed by atoms with Gasteiger partial charge in [-0.05, 0) is 38.8 Å². The molecule has 0 aromatic carbocycles. The Hall–Kier alpha value is -0.610. The quantitative estimate of drug-likeness (QED) is 0.677. The predicted molar refractivity (Wildman–Crippen MR) is 62.4 cm³/mol. The Morgan fingerprint density at radius 1 is 1.25 bits per heavy atom. The van der Waals surface area contributed by atoms with Crippen molar-refractivity contribution in [2.24, 2.45) is 0 Å². The molecule has 16 heavy (non-hydrogen) atoms. The van der Waals surface area contributed by atoms with Crippen molar-refractivity contribution in [1.29, 1.82) is 0 Å². The van der Waals surface area contributed by atoms with E-state index < -0.39 is 5.97 Å². The molecule has 1 saturated heterocycles. The van der Waals surface area contributed by atoms with Gasteiger partial charge in [-0.3, -0.25) is 9.69 Å². The topological polar surface area (TPSA) is 60.8 Å². The number of unbranched alkanes of at least 4 members (excludes halogenated alkanes) is 1. The lowest BCUT2D eigenvalue weighted by molar-refractivity contribution is -0.137. The Morgan fingerprint density at radius 3 is 2.75 bits per heavy atom. The maximum absolute atomic E-state index is 10.4. The summed E-state index contributed by atoms with van der Waals surface area (Å²) in [7, 11) is 0. The van der Waals surface area contributed by atoms with Gasteiger partial charge in [0.25, 0.3) is 0 Å². The van der Waals surface area contributed by atoms with Crippen LogP contribution in [0.3, 0.4) is 0 Å². The number of hydrogen-bond donors (Lipinski definition) is 2. The molecule has 1 fully saturated rings. The van der Waals surface area contributed by atoms with E-state index in [0.29, 0.717) is 6.04 Å². The fourth-order valence-corrected chi connectivity index (χ4v) is 2.33. The highest BCUT2D eigenvalue weighted by atomic mass is 16.4. The van der Waals surface area contributed by atoms with Gasteiger partial charge in [0.1, 0.15) is 0 Å². The first kappa shape index (κ1) is 13.5. The van der Waals surface area contributed by atoms with Gasteiger partial charge in [0.15, 0.2) is 0 Å². The first-order valence-electron chi connectivity index (χ1n) is 6.30. The Labute approximate surface area is 97.3 Å². The summed E-state index contributed by atoms with van der Waals surface area (Å²) in [6.45, 7) is 2.22. The molecule has 4 nitrogen and oxygen atoms in total. The second-order valence-corrected chi connectivity index (χ2v) is 4.57. The Kier molecular flexibility index (Phi) is 6.42. The number of rotatable bonds is 6. The smallest absolute Gasteiger partial charge is 0.303 e. The van der Waals surface area contributed by atoms with Crippen LogP contribution in [-0.4, -0.2) is 46.8 Å². The second-order valence-electron chi connectivity index (χ2n) is 4.57. The van der Waals surface area contributed by atoms with Crippen molar-refractivity contribution in [1.82, 2.24) is 4.90 Å². The minimum absolute atomic E-state index is 0.235. The molecule has 0 saturated carbocycles. The van der Waals surface area contributed by atoms with E-state index in [2.05, 4.69) is 4.90 Å². The first-order valence-corrected chi connectivity index (χ1v) is 6.30. The third-order valence-corrected chi connectivity index (χ3v) is 3.30. The number of carbonyl (C=O) groups is 1. The van der Waals surface area contributed by atoms with Gasteiger partial charge >= 0.3 is 5.97 Å². The minimum atomic E-state index is -0.713. The predicted octanol–water partition coefficient (Wildman–Crippen LogP) is 1.48. The molecule has 94 valence electrons. The number of carboxylic acid groups (broad SMARTS) is 1. The number of carboxylic acids is 1. The number of aliphatic hydroxyl groups is 1. The van der Waals surface area contributed by atoms with Crippen LogP contribution in [0.2, 0.25) is 0 Å². The van der Waals surface area contributed by atoms with Gasteiger partial charge < -0.3 is 10.2 Å². The highest BCUT2D eigenvalue weighted by molar-refractivity contribution is 5.66. The van der Waals surface area contributed by atoms with Crippen LogP contribution in [0.25, 0.3) is 0 Å². The van der Waals surface area contributed by atoms with Crippen molar-refractivity contribution >= 4 is 5.97 Å². The molecule has 1 rings (SSSR count). The van der Waals surface area contributed by atoms with Gasteiger partial charge in [-0.15, -0.1) is 0 Å². The number of likely N-dealkylation sites (tertiary alicyclic amines) is 1. The molecule has 0 radical (unpaired) electrons. The molecule has 0 aromatic heterocycles. The first-order chi connectivity index (χ1) is 7.74. The Morgan fingerprint density at radius 2 is 2.06 bits per heavy atom. The lowest BCUT2D eigenvalue weighted by Gasteiger charge is -2.28. The van der Waals surface area contributed by atoms with Gasteiger partial charge in [-0.1, -0.05) is 12.8 Å². The van der Waals surface area contributed by atoms with Gasteiger partial charge in [0.2, 0.25) is 0 Å². The highest BCUT2D eigenvalue weighted by Gasteiger charge is 2.19. The summed E-state index contributed by atoms with van der Waals surface area (Å²) in [5.74, 6) is -0.713. The molecule has 1 unspecified atom stereocenters. The largest absolute Gasteiger partial charge is 0.481 e. The molecule has 2 N–H and O–H groups in total. The zero-order valence-corrected chi connectivity index (χ0v) is 9.90. The number of hydrogen-bond acceptors (Lipinski definition) is 3. The van der Waals surface area contributed by atoms with Crippen molar-refractivity contribution in [2.45, 2.75) is 51.0 Å². The average molecular weight is 229 g/mol. The molecular formula is C12H23NO3. The minimum Gasteiger partial charge on any atom is -0.481 e. The maximum Gasteiger partial charge on any atom is 0.303 e. The Bertz CT molecular complexity index is 208. The van der Waals surface area contributed by atoms with E-state index in [4.69, 9.17) is 5.11 Å². The molecule has 1 aliphatic rings. The number of aliphatic hydroxyl groups excluding tert-OH is 1. The van der Waals surface area contributed by atoms with Crippen LogP contribution >= 0.6 is 0 Å². The van der Waals surface area contributed by atoms with Crippen molar-refractivity contribution < 1.29 is 15.0 Å². The molecule has 0 spiro atoms. The third kappa shape index (κ3) is 4.94. The standard InChI is InChI=1S/C12H23NO3/c14-10-11-6-2-1-4-8-13(11)9-5-3-7-12(15)16/h11,14H,1-10H2,(H,15,16). The molecule has 4 heteroatoms. The summed E-state index contributed by atoms with van der Waals surface area (Å²) in [5, 5.41) is 17.8. The van der Waals surface area contributed by atoms with E-state index >= 15 is 0 Å². The average Bonchev–Trinajstić information content (AvgIpc) is 2.48. The summed E-state index contributed by atoms with van der Waals surface area (Å²) in [4.78, 5) is 12.7. The van der Waals surface area contributed by atoms with Crippen LogP contribution in [0.15, 0.2) is 0 Å². The van der Waals surface area contributed by atoms with Crippen molar-refractivity contribution in [3.05, 3.63) is 0 Å². The van der Waals surface area contributed by atoms with Gasteiger partial charge in [-0.25, -0.2) is 0 Å². The molecular weight excluding hydrogens is 206 g/mol. The maximum atomic E-state index is 10.4. The fourth-order valence-electron chi connectivity index (χ4n) is 2.33. The number of aliphatic carboxylic acids is 1. The monoisotopic (exact) mass is 229 g/mol. The summed E-state index contributed by atoms with van der Waals surface area (Å²) in [6.07, 6.45) is 6.66. The summed E-state index contributed by atoms with van der Waals surface area (Å²) < 4.78 is 0. The van der Waals surface area contributed by atoms with Crippen LogP contribution in [0.1, 0.15) is 44.9 Å². The normalized spacial score (nSPS) is 22.9. The molecule has 1 aliphatic heterocycles. The molecule has 0 aliphatic carbocycles. The SMILES string of the molecule is O=C(O)CCCCN1CCCCCC1CO. The van der Waals surface area contributed by atoms with E-state index in [1.165, 1.54) is 19.3 Å². The van der Waals surface area contributed by atoms with E-state index in [1.807, 2.05) is 0 Å². The molecule has 0 amide bonds. The summed E-state index contributed by atoms with van der Waals surface area (Å²) in [6, 6.07) is 0.298. The molecule has 1 heterocycles. The van der Waals surface area contributed by atoms with E-state index in [9.17, 15) is 9.90 Å². The summed E-state index contributed by atoms with van der Waals surface area (Å²) >= 11 is 0. The lowest BCUT2D eigenvalue weighted by atomic mass is 10.1. The third-order valence-electron chi connectivity index (χ3n) is 3.30. The number of nitrogens with zero attached hydrogens (tertiary/aromatic N) is 1. The van der Waals surface area contributed by atoms with Crippen LogP contribution in [0.5, 0.6) is 0 Å². The van der Waals surface area contributed by atoms with Gasteiger partial charge in [-0.2, -0.15) is 0 Å². The van der Waals surface area contributed by atoms with E-state index in [-0.39, 0.29) is 13.0 Å². The van der Waals surface area contributed by atoms with Crippen molar-refractivity contribution in [2.75, 3.05) is 19.7 Å². The van der Waals surface area contributed by atoms with Gasteiger partial charge in [0, 0.05) is 12.5 Å². The molecule has 0 aromatic rings. The van der Waals surface area contributed by atoms with Crippen LogP contribution in [0.4, 0.5) is 0 Å². The Balaban J connectivity index is 2.23.